The van der Waals surface area contributed by atoms with E-state index >= 15 is 0 Å². The van der Waals surface area contributed by atoms with E-state index in [0.29, 0.717) is 23.7 Å². The number of nitriles is 1. The van der Waals surface area contributed by atoms with Crippen LogP contribution in [0.5, 0.6) is 0 Å². The molecule has 92 heavy (non-hydrogen) atoms. The van der Waals surface area contributed by atoms with E-state index in [0.717, 1.165) is 22.8 Å². The van der Waals surface area contributed by atoms with Gasteiger partial charge >= 0.3 is 69.8 Å². The van der Waals surface area contributed by atoms with Gasteiger partial charge in [-0.1, -0.05) is 140 Å². The average molecular weight is 1430 g/mol. The molecule has 6 aromatic carbocycles. The van der Waals surface area contributed by atoms with Crippen LogP contribution in [0.4, 0.5) is 117 Å². The van der Waals surface area contributed by atoms with Gasteiger partial charge in [0, 0.05) is 6.92 Å². The van der Waals surface area contributed by atoms with E-state index in [1.807, 2.05) is 0 Å². The Labute approximate surface area is 528 Å². The van der Waals surface area contributed by atoms with Gasteiger partial charge in [-0.3, -0.25) is 9.98 Å². The second-order valence-electron chi connectivity index (χ2n) is 22.0. The van der Waals surface area contributed by atoms with Crippen LogP contribution < -0.4 is 21.9 Å². The number of nitrogens with zero attached hydrogens (tertiary/aromatic N) is 3. The molecule has 506 valence electrons. The summed E-state index contributed by atoms with van der Waals surface area (Å²) in [5, 5.41) is 7.32. The van der Waals surface area contributed by atoms with E-state index in [1.165, 1.54) is 29.2 Å². The monoisotopic (exact) mass is 1430 g/mol. The van der Waals surface area contributed by atoms with Crippen LogP contribution in [0.3, 0.4) is 0 Å². The van der Waals surface area contributed by atoms with E-state index in [9.17, 15) is 105 Å². The first-order valence-corrected chi connectivity index (χ1v) is 26.7. The Kier molecular flexibility index (Phi) is 26.2. The third kappa shape index (κ3) is 19.6. The fraction of sp³-hybridized carbons (Fsp3) is 0.365. The molecule has 6 rings (SSSR count). The summed E-state index contributed by atoms with van der Waals surface area (Å²) < 4.78 is 341. The first kappa shape index (κ1) is 81.3. The largest absolute Gasteiger partial charge is 2.00 e. The molecule has 0 amide bonds. The SMILES string of the molecule is CC#N.CC(=Nc1c(C(C)C)cccc1C(C)C)C(C)=Nc1c(C(C)C)cccc1C(C)C.FC(F)(F)c1cc([B-](c2cc(C(F)(F)F)cc(C(F)(F)F)c2)(c2cc(C(F)(F)F)cc(C(F)(F)F)c2)c2cc(C(F)(F)F)cc(C(F)(F)F)c2)cc(C(F)(F)F)c1.[CH3-].[Pd+2]. The average Bonchev–Trinajstić information content (AvgIpc) is 0.709. The maximum atomic E-state index is 14.2. The van der Waals surface area contributed by atoms with Crippen molar-refractivity contribution in [2.75, 3.05) is 0 Å². The zero-order chi connectivity index (χ0) is 69.2. The molecule has 0 spiro atoms. The number of rotatable bonds is 11. The minimum atomic E-state index is -6.13. The van der Waals surface area contributed by atoms with Gasteiger partial charge in [0.15, 0.2) is 0 Å². The molecule has 3 nitrogen and oxygen atoms in total. The van der Waals surface area contributed by atoms with Crippen molar-refractivity contribution in [2.24, 2.45) is 9.98 Å². The molecule has 6 aromatic rings. The van der Waals surface area contributed by atoms with Gasteiger partial charge in [-0.15, -0.1) is 0 Å². The fourth-order valence-electron chi connectivity index (χ4n) is 9.85. The van der Waals surface area contributed by atoms with Crippen LogP contribution >= 0.6 is 0 Å². The van der Waals surface area contributed by atoms with Gasteiger partial charge in [-0.05, 0) is 84.0 Å². The molecular formula is C63H58BF24N3Pd. The predicted molar refractivity (Wildman–Crippen MR) is 303 cm³/mol. The van der Waals surface area contributed by atoms with Crippen LogP contribution in [0.2, 0.25) is 0 Å². The molecule has 0 saturated carbocycles. The number of benzene rings is 6. The summed E-state index contributed by atoms with van der Waals surface area (Å²) >= 11 is 0. The summed E-state index contributed by atoms with van der Waals surface area (Å²) in [6, 6.07) is 6.09. The van der Waals surface area contributed by atoms with E-state index in [-0.39, 0.29) is 27.8 Å². The maximum Gasteiger partial charge on any atom is 2.00 e. The van der Waals surface area contributed by atoms with Crippen LogP contribution in [0, 0.1) is 18.8 Å². The van der Waals surface area contributed by atoms with Crippen LogP contribution in [-0.4, -0.2) is 17.6 Å². The van der Waals surface area contributed by atoms with E-state index < -0.39 is 195 Å². The summed E-state index contributed by atoms with van der Waals surface area (Å²) in [6.07, 6.45) is -54.8. The molecule has 0 radical (unpaired) electrons. The molecule has 0 aliphatic heterocycles. The molecule has 0 aliphatic rings. The minimum Gasteiger partial charge on any atom is -0.358 e. The van der Waals surface area contributed by atoms with Gasteiger partial charge < -0.3 is 7.43 Å². The second kappa shape index (κ2) is 29.7. The van der Waals surface area contributed by atoms with E-state index in [4.69, 9.17) is 15.2 Å². The first-order chi connectivity index (χ1) is 40.7. The summed E-state index contributed by atoms with van der Waals surface area (Å²) in [4.78, 5) is 10.3. The van der Waals surface area contributed by atoms with Gasteiger partial charge in [-0.2, -0.15) is 132 Å². The Bertz CT molecular complexity index is 3060. The Balaban J connectivity index is 0.000000693. The smallest absolute Gasteiger partial charge is 0.358 e. The van der Waals surface area contributed by atoms with Crippen LogP contribution in [-0.2, 0) is 69.8 Å². The van der Waals surface area contributed by atoms with Crippen molar-refractivity contribution in [1.82, 2.24) is 0 Å². The Morgan fingerprint density at radius 1 is 0.337 bits per heavy atom. The second-order valence-corrected chi connectivity index (χ2v) is 22.0. The van der Waals surface area contributed by atoms with Crippen LogP contribution in [0.25, 0.3) is 0 Å². The van der Waals surface area contributed by atoms with Crippen molar-refractivity contribution >= 4 is 50.8 Å². The first-order valence-electron chi connectivity index (χ1n) is 26.7. The molecule has 0 aromatic heterocycles. The number of alkyl halides is 24. The molecule has 0 bridgehead atoms. The van der Waals surface area contributed by atoms with Gasteiger partial charge in [0.1, 0.15) is 6.15 Å². The van der Waals surface area contributed by atoms with Crippen molar-refractivity contribution in [1.29, 1.82) is 5.26 Å². The van der Waals surface area contributed by atoms with Gasteiger partial charge in [0.05, 0.1) is 73.4 Å². The number of halogens is 24. The molecular weight excluding hydrogens is 1370 g/mol. The molecule has 0 N–H and O–H groups in total. The fourth-order valence-corrected chi connectivity index (χ4v) is 9.85. The Hall–Kier alpha value is -6.80. The van der Waals surface area contributed by atoms with E-state index in [2.05, 4.69) is 106 Å². The molecule has 0 heterocycles. The zero-order valence-electron chi connectivity index (χ0n) is 50.5. The molecule has 29 heteroatoms. The van der Waals surface area contributed by atoms with Gasteiger partial charge in [0.2, 0.25) is 0 Å². The van der Waals surface area contributed by atoms with Gasteiger partial charge in [0.25, 0.3) is 0 Å². The maximum absolute atomic E-state index is 14.2. The zero-order valence-corrected chi connectivity index (χ0v) is 52.1. The van der Waals surface area contributed by atoms with Crippen molar-refractivity contribution in [3.8, 4) is 6.07 Å². The Morgan fingerprint density at radius 2 is 0.478 bits per heavy atom. The third-order valence-corrected chi connectivity index (χ3v) is 14.2. The van der Waals surface area contributed by atoms with Crippen molar-refractivity contribution < 1.29 is 126 Å². The number of aliphatic imine (C=N–C) groups is 2. The summed E-state index contributed by atoms with van der Waals surface area (Å²) in [7, 11) is 0. The standard InChI is InChI=1S/C32H12BF24.C28H40N2.C2H3N.CH3.Pd/c34-25(35,36)13-1-14(26(37,38)39)6-21(5-13)33(22-7-15(27(40,41)42)2-16(8-22)28(43,44)45,23-9-17(29(46,47)48)3-18(10-23)30(49,50)51)24-11-19(31(52,53)54)4-20(12-24)32(55,56)57;1-17(2)23-13-11-14-24(18(3)4)27(23)29-21(9)22(10)30-28-25(19(5)6)15-12-16-26(28)20(7)8;1-2-3;;/h1-12H;11-20H,1-10H3;1H3;1H3;/q-1;;;-1;+2. The van der Waals surface area contributed by atoms with Crippen molar-refractivity contribution in [3.05, 3.63) is 183 Å². The quantitative estimate of drug-likeness (QED) is 0.0552. The van der Waals surface area contributed by atoms with Crippen LogP contribution in [0.1, 0.15) is 167 Å². The molecule has 0 aliphatic carbocycles. The third-order valence-electron chi connectivity index (χ3n) is 14.2. The number of hydrogen-bond acceptors (Lipinski definition) is 3. The van der Waals surface area contributed by atoms with Crippen molar-refractivity contribution in [3.63, 3.8) is 0 Å². The predicted octanol–water partition coefficient (Wildman–Crippen LogP) is 21.3. The summed E-state index contributed by atoms with van der Waals surface area (Å²) in [5.41, 5.74) is -20.8. The number of hydrogen-bond donors (Lipinski definition) is 0. The Morgan fingerprint density at radius 3 is 0.598 bits per heavy atom. The topological polar surface area (TPSA) is 48.5 Å². The molecule has 0 atom stereocenters. The van der Waals surface area contributed by atoms with Gasteiger partial charge in [-0.25, -0.2) is 0 Å². The molecule has 0 fully saturated rings. The van der Waals surface area contributed by atoms with Crippen LogP contribution in [0.15, 0.2) is 119 Å². The summed E-state index contributed by atoms with van der Waals surface area (Å²) in [6.45, 7) is 23.5. The molecule has 0 saturated heterocycles. The molecule has 0 unspecified atom stereocenters. The van der Waals surface area contributed by atoms with E-state index in [1.54, 1.807) is 6.07 Å². The normalized spacial score (nSPS) is 13.3. The van der Waals surface area contributed by atoms with Crippen molar-refractivity contribution in [2.45, 2.75) is 149 Å². The summed E-state index contributed by atoms with van der Waals surface area (Å²) in [5.74, 6) is 1.73. The number of para-hydroxylation sites is 2. The minimum absolute atomic E-state index is 0.